The highest BCUT2D eigenvalue weighted by Crippen LogP contribution is 2.55. The highest BCUT2D eigenvalue weighted by Gasteiger charge is 2.51. The van der Waals surface area contributed by atoms with E-state index in [9.17, 15) is 18.5 Å². The van der Waals surface area contributed by atoms with Crippen LogP contribution in [0.2, 0.25) is 0 Å². The van der Waals surface area contributed by atoms with Crippen LogP contribution in [-0.2, 0) is 35.6 Å². The molecule has 0 bridgehead atoms. The second-order valence-corrected chi connectivity index (χ2v) is 28.3. The van der Waals surface area contributed by atoms with E-state index in [1.807, 2.05) is 30.5 Å². The summed E-state index contributed by atoms with van der Waals surface area (Å²) in [6, 6.07) is 20.3. The van der Waals surface area contributed by atoms with Crippen LogP contribution in [-0.4, -0.2) is 180 Å². The van der Waals surface area contributed by atoms with Gasteiger partial charge in [0.15, 0.2) is 23.0 Å². The number of nitro groups is 1. The SMILES string of the molecule is COc1c(N2CCOC[C@@H]2C)ncc2c1COC[C@H]2N1CCN(C2CC3(CCN(c4ccc(C(=O)NS(=O)(=O)c5cc6c(c([N+](=O)[O-])c5)N[C@H](C5CCOCC5)CO6)c(N5c6cc7cc[nH]c7nc6O[C@H]6COCC[C@@H]65)c4)CC3)C2)[C@H](c2ccccc2OC(C)C)C1. The van der Waals surface area contributed by atoms with Gasteiger partial charge in [-0.15, -0.1) is 0 Å². The van der Waals surface area contributed by atoms with Gasteiger partial charge in [0.2, 0.25) is 5.88 Å². The lowest BCUT2D eigenvalue weighted by molar-refractivity contribution is -0.384. The van der Waals surface area contributed by atoms with Gasteiger partial charge < -0.3 is 62.9 Å². The standard InChI is InChI=1S/C67H81N11O13S/c1-40(2)90-58-8-6-5-7-47(58)56-34-74(57-38-88-36-50-49(57)33-69-64(62(50)84-4)75-22-26-87-35-41(75)3)20-21-76(56)45-31-67(32-45)15-18-73(19-16-67)44-9-10-48(53(28-44)77-52-14-25-86-39-60(52)91-66-55(77)27-43-11-17-68-63(43)71-66)65(79)72-92(82,83)46-29-54(78(80)81)61-59(30-46)89-37-51(70-61)42-12-23-85-24-13-42/h5-11,17,27-30,33,40-42,45,51-52,56-57,60,70H,12-16,18-26,31-32,34-39H2,1-4H3,(H,68,71)(H,72,79)/t41-,51-,52-,56-,57+,60-/m0/s1. The number of aromatic nitrogens is 3. The Bertz CT molecular complexity index is 3890. The predicted molar refractivity (Wildman–Crippen MR) is 343 cm³/mol. The van der Waals surface area contributed by atoms with Crippen LogP contribution in [0.1, 0.15) is 105 Å². The maximum Gasteiger partial charge on any atom is 0.297 e. The molecule has 1 aliphatic carbocycles. The van der Waals surface area contributed by atoms with E-state index in [1.165, 1.54) is 11.6 Å². The Morgan fingerprint density at radius 2 is 1.68 bits per heavy atom. The molecule has 1 saturated carbocycles. The fourth-order valence-corrected chi connectivity index (χ4v) is 17.1. The van der Waals surface area contributed by atoms with Crippen molar-refractivity contribution in [2.75, 3.05) is 119 Å². The van der Waals surface area contributed by atoms with E-state index >= 15 is 4.79 Å². The van der Waals surface area contributed by atoms with Crippen molar-refractivity contribution in [2.24, 2.45) is 11.3 Å². The molecule has 3 aromatic heterocycles. The van der Waals surface area contributed by atoms with Gasteiger partial charge in [-0.1, -0.05) is 18.2 Å². The van der Waals surface area contributed by atoms with Gasteiger partial charge in [-0.05, 0) is 119 Å². The summed E-state index contributed by atoms with van der Waals surface area (Å²) < 4.78 is 80.6. The molecule has 25 heteroatoms. The second kappa shape index (κ2) is 24.7. The minimum atomic E-state index is -4.74. The number of nitrogens with zero attached hydrogens (tertiary/aromatic N) is 8. The molecule has 1 spiro atoms. The summed E-state index contributed by atoms with van der Waals surface area (Å²) in [5.41, 5.74) is 5.88. The summed E-state index contributed by atoms with van der Waals surface area (Å²) >= 11 is 0. The maximum atomic E-state index is 15.0. The number of methoxy groups -OCH3 is 1. The summed E-state index contributed by atoms with van der Waals surface area (Å²) in [4.78, 5) is 51.9. The Hall–Kier alpha value is -7.52. The summed E-state index contributed by atoms with van der Waals surface area (Å²) in [5, 5.41) is 16.8. The number of H-pyrrole nitrogens is 1. The molecule has 15 rings (SSSR count). The smallest absolute Gasteiger partial charge is 0.297 e. The number of nitro benzene ring substituents is 1. The number of hydrogen-bond acceptors (Lipinski definition) is 21. The molecule has 5 saturated heterocycles. The molecule has 9 aliphatic rings. The predicted octanol–water partition coefficient (Wildman–Crippen LogP) is 8.67. The minimum Gasteiger partial charge on any atom is -0.492 e. The van der Waals surface area contributed by atoms with Crippen molar-refractivity contribution in [1.29, 1.82) is 0 Å². The number of piperidine rings is 1. The van der Waals surface area contributed by atoms with Crippen LogP contribution in [0, 0.1) is 21.4 Å². The molecular formula is C67H81N11O13S. The quantitative estimate of drug-likeness (QED) is 0.0681. The molecule has 24 nitrogen and oxygen atoms in total. The Morgan fingerprint density at radius 3 is 2.49 bits per heavy atom. The first kappa shape index (κ1) is 60.7. The number of piperazine rings is 1. The van der Waals surface area contributed by atoms with E-state index < -0.39 is 37.5 Å². The zero-order chi connectivity index (χ0) is 63.0. The summed E-state index contributed by atoms with van der Waals surface area (Å²) in [7, 11) is -3.00. The lowest BCUT2D eigenvalue weighted by Crippen LogP contribution is -2.60. The molecule has 92 heavy (non-hydrogen) atoms. The number of amides is 1. The molecule has 3 aromatic carbocycles. The molecule has 1 amide bonds. The average Bonchev–Trinajstić information content (AvgIpc) is 0.912. The van der Waals surface area contributed by atoms with Crippen molar-refractivity contribution in [1.82, 2.24) is 29.5 Å². The number of nitrogens with one attached hydrogen (secondary N) is 3. The van der Waals surface area contributed by atoms with E-state index in [4.69, 9.17) is 47.9 Å². The normalized spacial score (nSPS) is 25.3. The number of anilines is 5. The first-order valence-corrected chi connectivity index (χ1v) is 34.2. The van der Waals surface area contributed by atoms with Gasteiger partial charge in [-0.3, -0.25) is 24.7 Å². The number of benzene rings is 3. The number of morpholine rings is 1. The van der Waals surface area contributed by atoms with Crippen LogP contribution in [0.3, 0.4) is 0 Å². The van der Waals surface area contributed by atoms with Crippen molar-refractivity contribution in [3.63, 3.8) is 0 Å². The van der Waals surface area contributed by atoms with Crippen molar-refractivity contribution in [3.8, 4) is 23.1 Å². The topological polar surface area (TPSA) is 250 Å². The van der Waals surface area contributed by atoms with E-state index in [1.54, 1.807) is 13.2 Å². The average molecular weight is 1280 g/mol. The number of sulfonamides is 1. The molecule has 6 atom stereocenters. The minimum absolute atomic E-state index is 0.00202. The third-order valence-electron chi connectivity index (χ3n) is 20.9. The number of ether oxygens (including phenoxy) is 8. The Labute approximate surface area is 535 Å². The van der Waals surface area contributed by atoms with Gasteiger partial charge in [0, 0.05) is 112 Å². The third kappa shape index (κ3) is 11.3. The largest absolute Gasteiger partial charge is 0.492 e. The molecule has 11 heterocycles. The van der Waals surface area contributed by atoms with Crippen LogP contribution >= 0.6 is 0 Å². The van der Waals surface area contributed by atoms with Gasteiger partial charge in [0.1, 0.15) is 29.8 Å². The first-order valence-electron chi connectivity index (χ1n) is 32.7. The van der Waals surface area contributed by atoms with Crippen LogP contribution in [0.15, 0.2) is 84.0 Å². The van der Waals surface area contributed by atoms with Gasteiger partial charge in [0.25, 0.3) is 21.6 Å². The second-order valence-electron chi connectivity index (χ2n) is 26.6. The molecule has 0 radical (unpaired) electrons. The van der Waals surface area contributed by atoms with E-state index in [0.29, 0.717) is 81.6 Å². The summed E-state index contributed by atoms with van der Waals surface area (Å²) in [5.74, 6) is 2.15. The van der Waals surface area contributed by atoms with Gasteiger partial charge in [-0.25, -0.2) is 18.1 Å². The number of fused-ring (bicyclic) bond motifs is 5. The first-order chi connectivity index (χ1) is 44.7. The van der Waals surface area contributed by atoms with Crippen LogP contribution in [0.25, 0.3) is 11.0 Å². The zero-order valence-corrected chi connectivity index (χ0v) is 53.4. The number of pyridine rings is 2. The molecular weight excluding hydrogens is 1200 g/mol. The zero-order valence-electron chi connectivity index (χ0n) is 52.6. The van der Waals surface area contributed by atoms with E-state index in [-0.39, 0.29) is 77.9 Å². The number of carbonyl (C=O) groups is 1. The monoisotopic (exact) mass is 1280 g/mol. The van der Waals surface area contributed by atoms with Crippen molar-refractivity contribution in [3.05, 3.63) is 111 Å². The number of aromatic amines is 1. The van der Waals surface area contributed by atoms with Crippen LogP contribution < -0.4 is 43.7 Å². The molecule has 8 aliphatic heterocycles. The van der Waals surface area contributed by atoms with Crippen LogP contribution in [0.5, 0.6) is 23.1 Å². The van der Waals surface area contributed by atoms with Crippen molar-refractivity contribution >= 4 is 61.2 Å². The number of hydrogen-bond donors (Lipinski definition) is 3. The maximum absolute atomic E-state index is 15.0. The van der Waals surface area contributed by atoms with E-state index in [0.717, 1.165) is 123 Å². The number of rotatable bonds is 14. The van der Waals surface area contributed by atoms with Crippen molar-refractivity contribution < 1.29 is 56.0 Å². The fraction of sp³-hybridized carbons (Fsp3) is 0.537. The lowest BCUT2D eigenvalue weighted by atomic mass is 9.59. The van der Waals surface area contributed by atoms with Gasteiger partial charge >= 0.3 is 0 Å². The highest BCUT2D eigenvalue weighted by atomic mass is 32.2. The third-order valence-corrected chi connectivity index (χ3v) is 22.2. The van der Waals surface area contributed by atoms with Crippen molar-refractivity contribution in [2.45, 2.75) is 126 Å². The Kier molecular flexibility index (Phi) is 16.3. The number of carbonyl (C=O) groups excluding carboxylic acids is 1. The molecule has 0 unspecified atom stereocenters. The molecule has 488 valence electrons. The Morgan fingerprint density at radius 1 is 0.870 bits per heavy atom. The van der Waals surface area contributed by atoms with Crippen LogP contribution in [0.4, 0.5) is 34.3 Å². The molecule has 3 N–H and O–H groups in total. The van der Waals surface area contributed by atoms with Gasteiger partial charge in [0.05, 0.1) is 97.5 Å². The Balaban J connectivity index is 0.696. The lowest BCUT2D eigenvalue weighted by Gasteiger charge is -2.58. The summed E-state index contributed by atoms with van der Waals surface area (Å²) in [6.45, 7) is 15.5. The highest BCUT2D eigenvalue weighted by molar-refractivity contribution is 7.90. The van der Waals surface area contributed by atoms with Gasteiger partial charge in [-0.2, -0.15) is 4.98 Å². The number of para-hydroxylation sites is 1. The molecule has 6 fully saturated rings. The fourth-order valence-electron chi connectivity index (χ4n) is 16.1. The summed E-state index contributed by atoms with van der Waals surface area (Å²) in [6.07, 6.45) is 9.53. The van der Waals surface area contributed by atoms with E-state index in [2.05, 4.69) is 90.8 Å². The molecule has 6 aromatic rings.